The smallest absolute Gasteiger partial charge is 0.150 e. The summed E-state index contributed by atoms with van der Waals surface area (Å²) in [6.45, 7) is 2.84. The summed E-state index contributed by atoms with van der Waals surface area (Å²) in [4.78, 5) is 11.0. The van der Waals surface area contributed by atoms with Crippen molar-refractivity contribution >= 4 is 6.29 Å². The molecule has 19 heavy (non-hydrogen) atoms. The standard InChI is InChI=1S/C17H16O2/c1-12-7-8-13(11-18)10-16(12)15-6-2-4-14-5-3-9-19-17(14)15/h2,4,6-8,10-11H,3,5,9H2,1H3. The van der Waals surface area contributed by atoms with Crippen molar-refractivity contribution in [1.82, 2.24) is 0 Å². The molecule has 3 rings (SSSR count). The monoisotopic (exact) mass is 252 g/mol. The van der Waals surface area contributed by atoms with E-state index >= 15 is 0 Å². The number of benzene rings is 2. The Morgan fingerprint density at radius 1 is 1.16 bits per heavy atom. The van der Waals surface area contributed by atoms with Gasteiger partial charge in [0.25, 0.3) is 0 Å². The van der Waals surface area contributed by atoms with Crippen molar-refractivity contribution in [2.75, 3.05) is 6.61 Å². The Morgan fingerprint density at radius 3 is 2.89 bits per heavy atom. The van der Waals surface area contributed by atoms with Crippen molar-refractivity contribution in [3.8, 4) is 16.9 Å². The van der Waals surface area contributed by atoms with Crippen LogP contribution in [0.3, 0.4) is 0 Å². The Balaban J connectivity index is 2.19. The Bertz CT molecular complexity index is 629. The van der Waals surface area contributed by atoms with Crippen LogP contribution in [-0.4, -0.2) is 12.9 Å². The van der Waals surface area contributed by atoms with E-state index in [-0.39, 0.29) is 0 Å². The average molecular weight is 252 g/mol. The van der Waals surface area contributed by atoms with E-state index in [1.807, 2.05) is 18.2 Å². The van der Waals surface area contributed by atoms with Gasteiger partial charge in [0.15, 0.2) is 0 Å². The van der Waals surface area contributed by atoms with E-state index in [4.69, 9.17) is 4.74 Å². The Kier molecular flexibility index (Phi) is 3.08. The number of aldehydes is 1. The predicted octanol–water partition coefficient (Wildman–Crippen LogP) is 3.80. The molecule has 1 heterocycles. The number of para-hydroxylation sites is 1. The minimum atomic E-state index is 0.703. The molecule has 0 saturated heterocycles. The molecule has 2 nitrogen and oxygen atoms in total. The van der Waals surface area contributed by atoms with E-state index in [2.05, 4.69) is 25.1 Å². The van der Waals surface area contributed by atoms with Gasteiger partial charge >= 0.3 is 0 Å². The molecule has 2 aromatic carbocycles. The summed E-state index contributed by atoms with van der Waals surface area (Å²) in [5, 5.41) is 0. The molecule has 96 valence electrons. The van der Waals surface area contributed by atoms with Crippen molar-refractivity contribution in [3.05, 3.63) is 53.1 Å². The van der Waals surface area contributed by atoms with E-state index < -0.39 is 0 Å². The van der Waals surface area contributed by atoms with E-state index in [0.717, 1.165) is 48.2 Å². The quantitative estimate of drug-likeness (QED) is 0.760. The van der Waals surface area contributed by atoms with Crippen LogP contribution in [0, 0.1) is 6.92 Å². The number of aryl methyl sites for hydroxylation is 2. The van der Waals surface area contributed by atoms with E-state index in [1.54, 1.807) is 0 Å². The van der Waals surface area contributed by atoms with E-state index in [0.29, 0.717) is 5.56 Å². The van der Waals surface area contributed by atoms with Gasteiger partial charge in [-0.05, 0) is 42.5 Å². The second-order valence-electron chi connectivity index (χ2n) is 4.94. The van der Waals surface area contributed by atoms with E-state index in [9.17, 15) is 4.79 Å². The van der Waals surface area contributed by atoms with Crippen LogP contribution in [-0.2, 0) is 6.42 Å². The second kappa shape index (κ2) is 4.88. The molecule has 0 aromatic heterocycles. The summed E-state index contributed by atoms with van der Waals surface area (Å²) in [7, 11) is 0. The number of ether oxygens (including phenoxy) is 1. The molecule has 2 heteroatoms. The molecule has 0 N–H and O–H groups in total. The molecule has 0 saturated carbocycles. The summed E-state index contributed by atoms with van der Waals surface area (Å²) in [5.74, 6) is 0.986. The summed E-state index contributed by atoms with van der Waals surface area (Å²) in [5.41, 5.74) is 5.31. The third-order valence-electron chi connectivity index (χ3n) is 3.62. The highest BCUT2D eigenvalue weighted by atomic mass is 16.5. The fourth-order valence-corrected chi connectivity index (χ4v) is 2.60. The van der Waals surface area contributed by atoms with Crippen molar-refractivity contribution in [1.29, 1.82) is 0 Å². The van der Waals surface area contributed by atoms with Gasteiger partial charge in [-0.15, -0.1) is 0 Å². The summed E-state index contributed by atoms with van der Waals surface area (Å²) in [6, 6.07) is 12.0. The zero-order valence-electron chi connectivity index (χ0n) is 11.0. The van der Waals surface area contributed by atoms with Gasteiger partial charge in [0.05, 0.1) is 6.61 Å². The number of fused-ring (bicyclic) bond motifs is 1. The van der Waals surface area contributed by atoms with Crippen molar-refractivity contribution in [2.45, 2.75) is 19.8 Å². The van der Waals surface area contributed by atoms with Crippen LogP contribution in [0.4, 0.5) is 0 Å². The first-order valence-electron chi connectivity index (χ1n) is 6.60. The Hall–Kier alpha value is -2.09. The van der Waals surface area contributed by atoms with Gasteiger partial charge < -0.3 is 4.74 Å². The molecule has 2 aromatic rings. The Morgan fingerprint density at radius 2 is 2.05 bits per heavy atom. The summed E-state index contributed by atoms with van der Waals surface area (Å²) < 4.78 is 5.85. The number of hydrogen-bond acceptors (Lipinski definition) is 2. The molecular weight excluding hydrogens is 236 g/mol. The van der Waals surface area contributed by atoms with Crippen molar-refractivity contribution in [2.24, 2.45) is 0 Å². The number of carbonyl (C=O) groups excluding carboxylic acids is 1. The second-order valence-corrected chi connectivity index (χ2v) is 4.94. The fraction of sp³-hybridized carbons (Fsp3) is 0.235. The summed E-state index contributed by atoms with van der Waals surface area (Å²) >= 11 is 0. The van der Waals surface area contributed by atoms with Crippen LogP contribution in [0.5, 0.6) is 5.75 Å². The zero-order valence-corrected chi connectivity index (χ0v) is 11.0. The first-order chi connectivity index (χ1) is 9.29. The van der Waals surface area contributed by atoms with Gasteiger partial charge in [-0.3, -0.25) is 4.79 Å². The normalized spacial score (nSPS) is 13.5. The topological polar surface area (TPSA) is 26.3 Å². The largest absolute Gasteiger partial charge is 0.493 e. The maximum Gasteiger partial charge on any atom is 0.150 e. The molecule has 0 amide bonds. The molecule has 1 aliphatic rings. The lowest BCUT2D eigenvalue weighted by atomic mass is 9.94. The molecule has 0 radical (unpaired) electrons. The number of carbonyl (C=O) groups is 1. The first-order valence-corrected chi connectivity index (χ1v) is 6.60. The molecule has 0 fully saturated rings. The molecule has 0 spiro atoms. The van der Waals surface area contributed by atoms with E-state index in [1.165, 1.54) is 5.56 Å². The van der Waals surface area contributed by atoms with Crippen LogP contribution in [0.15, 0.2) is 36.4 Å². The van der Waals surface area contributed by atoms with Gasteiger partial charge in [0.2, 0.25) is 0 Å². The molecule has 0 bridgehead atoms. The van der Waals surface area contributed by atoms with Crippen molar-refractivity contribution in [3.63, 3.8) is 0 Å². The van der Waals surface area contributed by atoms with Crippen LogP contribution < -0.4 is 4.74 Å². The SMILES string of the molecule is Cc1ccc(C=O)cc1-c1cccc2c1OCCC2. The number of hydrogen-bond donors (Lipinski definition) is 0. The molecule has 0 aliphatic carbocycles. The van der Waals surface area contributed by atoms with Crippen LogP contribution in [0.1, 0.15) is 27.9 Å². The lowest BCUT2D eigenvalue weighted by Gasteiger charge is -2.21. The average Bonchev–Trinajstić information content (AvgIpc) is 2.47. The summed E-state index contributed by atoms with van der Waals surface area (Å²) in [6.07, 6.45) is 3.03. The zero-order chi connectivity index (χ0) is 13.2. The minimum Gasteiger partial charge on any atom is -0.493 e. The van der Waals surface area contributed by atoms with Gasteiger partial charge in [-0.1, -0.05) is 30.3 Å². The highest BCUT2D eigenvalue weighted by Gasteiger charge is 2.16. The molecule has 0 atom stereocenters. The number of rotatable bonds is 2. The molecule has 0 unspecified atom stereocenters. The van der Waals surface area contributed by atoms with Crippen LogP contribution in [0.2, 0.25) is 0 Å². The van der Waals surface area contributed by atoms with Crippen molar-refractivity contribution < 1.29 is 9.53 Å². The van der Waals surface area contributed by atoms with Crippen LogP contribution in [0.25, 0.3) is 11.1 Å². The predicted molar refractivity (Wildman–Crippen MR) is 75.8 cm³/mol. The fourth-order valence-electron chi connectivity index (χ4n) is 2.60. The Labute approximate surface area is 113 Å². The van der Waals surface area contributed by atoms with Gasteiger partial charge in [-0.25, -0.2) is 0 Å². The first kappa shape index (κ1) is 12.0. The van der Waals surface area contributed by atoms with Gasteiger partial charge in [-0.2, -0.15) is 0 Å². The lowest BCUT2D eigenvalue weighted by molar-refractivity contribution is 0.112. The molecular formula is C17H16O2. The lowest BCUT2D eigenvalue weighted by Crippen LogP contribution is -2.09. The van der Waals surface area contributed by atoms with Crippen LogP contribution >= 0.6 is 0 Å². The minimum absolute atomic E-state index is 0.703. The van der Waals surface area contributed by atoms with Gasteiger partial charge in [0, 0.05) is 11.1 Å². The highest BCUT2D eigenvalue weighted by molar-refractivity contribution is 5.82. The van der Waals surface area contributed by atoms with Gasteiger partial charge in [0.1, 0.15) is 12.0 Å². The molecule has 1 aliphatic heterocycles. The maximum absolute atomic E-state index is 11.0. The maximum atomic E-state index is 11.0. The highest BCUT2D eigenvalue weighted by Crippen LogP contribution is 2.37. The third-order valence-corrected chi connectivity index (χ3v) is 3.62. The third kappa shape index (κ3) is 2.14.